The number of benzene rings is 1. The molecular weight excluding hydrogens is 222 g/mol. The summed E-state index contributed by atoms with van der Waals surface area (Å²) in [6.45, 7) is 1.79. The van der Waals surface area contributed by atoms with Crippen molar-refractivity contribution >= 4 is 22.7 Å². The molecular formula is C12H11NO4. The molecule has 0 saturated carbocycles. The number of aromatic hydroxyl groups is 1. The van der Waals surface area contributed by atoms with Crippen molar-refractivity contribution in [2.45, 2.75) is 6.92 Å². The number of nitrogens with one attached hydrogen (secondary N) is 1. The Morgan fingerprint density at radius 3 is 2.82 bits per heavy atom. The van der Waals surface area contributed by atoms with Crippen LogP contribution in [-0.4, -0.2) is 28.4 Å². The quantitative estimate of drug-likeness (QED) is 0.479. The predicted molar refractivity (Wildman–Crippen MR) is 60.9 cm³/mol. The van der Waals surface area contributed by atoms with E-state index in [2.05, 4.69) is 9.72 Å². The molecule has 17 heavy (non-hydrogen) atoms. The Kier molecular flexibility index (Phi) is 2.82. The number of carbonyl (C=O) groups is 2. The molecule has 0 spiro atoms. The number of phenolic OH excluding ortho intramolecular Hbond substituents is 1. The van der Waals surface area contributed by atoms with E-state index in [1.165, 1.54) is 12.1 Å². The van der Waals surface area contributed by atoms with E-state index in [-0.39, 0.29) is 18.1 Å². The largest absolute Gasteiger partial charge is 0.508 e. The van der Waals surface area contributed by atoms with Crippen molar-refractivity contribution in [2.75, 3.05) is 6.61 Å². The molecule has 0 atom stereocenters. The lowest BCUT2D eigenvalue weighted by Crippen LogP contribution is -2.17. The second-order valence-corrected chi connectivity index (χ2v) is 3.50. The molecule has 1 aromatic heterocycles. The smallest absolute Gasteiger partial charge is 0.381 e. The van der Waals surface area contributed by atoms with Crippen LogP contribution < -0.4 is 0 Å². The number of Topliss-reactive ketones (excluding diaryl/α,β-unsaturated/α-hetero) is 1. The third-order valence-electron chi connectivity index (χ3n) is 2.31. The minimum Gasteiger partial charge on any atom is -0.508 e. The Hall–Kier alpha value is -2.30. The lowest BCUT2D eigenvalue weighted by molar-refractivity contribution is -0.137. The first-order valence-corrected chi connectivity index (χ1v) is 5.15. The average Bonchev–Trinajstić information content (AvgIpc) is 2.71. The maximum atomic E-state index is 11.6. The van der Waals surface area contributed by atoms with E-state index < -0.39 is 11.8 Å². The van der Waals surface area contributed by atoms with Gasteiger partial charge in [0.2, 0.25) is 0 Å². The first kappa shape index (κ1) is 11.2. The number of ketones is 1. The van der Waals surface area contributed by atoms with E-state index in [9.17, 15) is 14.7 Å². The molecule has 0 bridgehead atoms. The highest BCUT2D eigenvalue weighted by atomic mass is 16.5. The summed E-state index contributed by atoms with van der Waals surface area (Å²) in [5.41, 5.74) is 0.752. The molecule has 0 unspecified atom stereocenters. The molecule has 1 heterocycles. The number of phenols is 1. The summed E-state index contributed by atoms with van der Waals surface area (Å²) in [4.78, 5) is 25.6. The van der Waals surface area contributed by atoms with Crippen molar-refractivity contribution < 1.29 is 19.4 Å². The Morgan fingerprint density at radius 2 is 2.12 bits per heavy atom. The Bertz CT molecular complexity index is 585. The minimum atomic E-state index is -0.886. The first-order chi connectivity index (χ1) is 8.11. The molecule has 2 aromatic rings. The number of H-pyrrole nitrogens is 1. The van der Waals surface area contributed by atoms with Crippen LogP contribution >= 0.6 is 0 Å². The summed E-state index contributed by atoms with van der Waals surface area (Å²) in [7, 11) is 0. The highest BCUT2D eigenvalue weighted by Crippen LogP contribution is 2.20. The average molecular weight is 233 g/mol. The number of hydrogen-bond acceptors (Lipinski definition) is 4. The molecule has 2 rings (SSSR count). The van der Waals surface area contributed by atoms with E-state index in [1.807, 2.05) is 0 Å². The lowest BCUT2D eigenvalue weighted by atomic mass is 10.2. The predicted octanol–water partition coefficient (Wildman–Crippen LogP) is 1.62. The zero-order valence-electron chi connectivity index (χ0n) is 9.19. The van der Waals surface area contributed by atoms with Crippen LogP contribution in [-0.2, 0) is 9.53 Å². The van der Waals surface area contributed by atoms with Gasteiger partial charge in [-0.15, -0.1) is 0 Å². The van der Waals surface area contributed by atoms with Crippen LogP contribution in [0.25, 0.3) is 10.9 Å². The molecule has 0 amide bonds. The van der Waals surface area contributed by atoms with Gasteiger partial charge in [0.05, 0.1) is 12.3 Å². The van der Waals surface area contributed by atoms with Gasteiger partial charge in [0.1, 0.15) is 5.75 Å². The van der Waals surface area contributed by atoms with Crippen LogP contribution in [0.3, 0.4) is 0 Å². The molecule has 2 N–H and O–H groups in total. The van der Waals surface area contributed by atoms with E-state index in [0.29, 0.717) is 5.52 Å². The van der Waals surface area contributed by atoms with Gasteiger partial charge in [-0.25, -0.2) is 4.79 Å². The summed E-state index contributed by atoms with van der Waals surface area (Å²) in [5, 5.41) is 10.0. The van der Waals surface area contributed by atoms with Gasteiger partial charge in [0.15, 0.2) is 0 Å². The van der Waals surface area contributed by atoms with Gasteiger partial charge in [-0.3, -0.25) is 4.79 Å². The van der Waals surface area contributed by atoms with Gasteiger partial charge in [-0.05, 0) is 25.1 Å². The summed E-state index contributed by atoms with van der Waals surface area (Å²) in [6.07, 6.45) is 0. The lowest BCUT2D eigenvalue weighted by Gasteiger charge is -1.97. The zero-order valence-corrected chi connectivity index (χ0v) is 9.19. The van der Waals surface area contributed by atoms with Crippen molar-refractivity contribution in [3.8, 4) is 5.75 Å². The summed E-state index contributed by atoms with van der Waals surface area (Å²) in [6, 6.07) is 6.20. The fraction of sp³-hybridized carbons (Fsp3) is 0.167. The summed E-state index contributed by atoms with van der Waals surface area (Å²) >= 11 is 0. The van der Waals surface area contributed by atoms with Gasteiger partial charge in [0.25, 0.3) is 5.78 Å². The van der Waals surface area contributed by atoms with Crippen molar-refractivity contribution in [1.82, 2.24) is 4.98 Å². The molecule has 5 heteroatoms. The molecule has 5 nitrogen and oxygen atoms in total. The third-order valence-corrected chi connectivity index (χ3v) is 2.31. The third kappa shape index (κ3) is 2.13. The van der Waals surface area contributed by atoms with Gasteiger partial charge in [-0.1, -0.05) is 0 Å². The number of esters is 1. The number of carbonyl (C=O) groups excluding carboxylic acids is 2. The number of aromatic amines is 1. The number of ether oxygens (including phenoxy) is 1. The molecule has 0 fully saturated rings. The highest BCUT2D eigenvalue weighted by molar-refractivity contribution is 6.40. The first-order valence-electron chi connectivity index (χ1n) is 5.15. The van der Waals surface area contributed by atoms with Gasteiger partial charge in [0, 0.05) is 17.0 Å². The minimum absolute atomic E-state index is 0.0921. The maximum absolute atomic E-state index is 11.6. The van der Waals surface area contributed by atoms with Crippen LogP contribution in [0.5, 0.6) is 5.75 Å². The maximum Gasteiger partial charge on any atom is 0.381 e. The molecule has 0 aliphatic rings. The van der Waals surface area contributed by atoms with E-state index in [4.69, 9.17) is 0 Å². The van der Waals surface area contributed by atoms with E-state index >= 15 is 0 Å². The van der Waals surface area contributed by atoms with E-state index in [1.54, 1.807) is 19.1 Å². The number of hydrogen-bond donors (Lipinski definition) is 2. The summed E-state index contributed by atoms with van der Waals surface area (Å²) < 4.78 is 4.62. The highest BCUT2D eigenvalue weighted by Gasteiger charge is 2.19. The Morgan fingerprint density at radius 1 is 1.35 bits per heavy atom. The number of fused-ring (bicyclic) bond motifs is 1. The number of rotatable bonds is 3. The van der Waals surface area contributed by atoms with Crippen LogP contribution in [0.15, 0.2) is 24.3 Å². The molecule has 88 valence electrons. The molecule has 0 radical (unpaired) electrons. The molecule has 0 saturated heterocycles. The normalized spacial score (nSPS) is 10.4. The zero-order chi connectivity index (χ0) is 12.4. The van der Waals surface area contributed by atoms with Crippen LogP contribution in [0.1, 0.15) is 17.4 Å². The van der Waals surface area contributed by atoms with Crippen LogP contribution in [0, 0.1) is 0 Å². The van der Waals surface area contributed by atoms with Crippen molar-refractivity contribution in [3.63, 3.8) is 0 Å². The standard InChI is InChI=1S/C12H11NO4/c1-2-17-12(16)11(15)10-5-7-3-4-8(14)6-9(7)13-10/h3-6,13-14H,2H2,1H3. The Balaban J connectivity index is 2.36. The fourth-order valence-corrected chi connectivity index (χ4v) is 1.54. The number of aromatic nitrogens is 1. The monoisotopic (exact) mass is 233 g/mol. The van der Waals surface area contributed by atoms with Crippen LogP contribution in [0.4, 0.5) is 0 Å². The van der Waals surface area contributed by atoms with Gasteiger partial charge in [-0.2, -0.15) is 0 Å². The van der Waals surface area contributed by atoms with Gasteiger partial charge >= 0.3 is 5.97 Å². The molecule has 0 aliphatic heterocycles. The topological polar surface area (TPSA) is 79.4 Å². The van der Waals surface area contributed by atoms with Crippen molar-refractivity contribution in [2.24, 2.45) is 0 Å². The fourth-order valence-electron chi connectivity index (χ4n) is 1.54. The van der Waals surface area contributed by atoms with E-state index in [0.717, 1.165) is 5.39 Å². The van der Waals surface area contributed by atoms with Gasteiger partial charge < -0.3 is 14.8 Å². The second kappa shape index (κ2) is 4.29. The Labute approximate surface area is 97.0 Å². The molecule has 1 aromatic carbocycles. The van der Waals surface area contributed by atoms with Crippen molar-refractivity contribution in [3.05, 3.63) is 30.0 Å². The van der Waals surface area contributed by atoms with Crippen molar-refractivity contribution in [1.29, 1.82) is 0 Å². The van der Waals surface area contributed by atoms with Crippen LogP contribution in [0.2, 0.25) is 0 Å². The second-order valence-electron chi connectivity index (χ2n) is 3.50. The summed E-state index contributed by atoms with van der Waals surface area (Å²) in [5.74, 6) is -1.51. The molecule has 0 aliphatic carbocycles. The SMILES string of the molecule is CCOC(=O)C(=O)c1cc2ccc(O)cc2[nH]1.